The standard InChI is InChI=1S/C17H22O3S3/c1-13(18)17(23(2,19)20)9-5-3-4-7-14-10-11-16(22-14)15-8-6-12-21-15/h6,8,10-12,17H,3-5,7,9H2,1-2H3. The van der Waals surface area contributed by atoms with E-state index in [0.29, 0.717) is 6.42 Å². The molecule has 0 bridgehead atoms. The lowest BCUT2D eigenvalue weighted by Gasteiger charge is -2.11. The number of ketones is 1. The molecule has 0 aromatic carbocycles. The fourth-order valence-corrected chi connectivity index (χ4v) is 5.67. The summed E-state index contributed by atoms with van der Waals surface area (Å²) in [6.07, 6.45) is 5.36. The molecule has 0 aliphatic rings. The summed E-state index contributed by atoms with van der Waals surface area (Å²) >= 11 is 3.58. The van der Waals surface area contributed by atoms with Gasteiger partial charge in [0.05, 0.1) is 0 Å². The van der Waals surface area contributed by atoms with E-state index < -0.39 is 15.1 Å². The van der Waals surface area contributed by atoms with Gasteiger partial charge in [-0.05, 0) is 49.8 Å². The zero-order chi connectivity index (χ0) is 16.9. The Balaban J connectivity index is 1.75. The maximum atomic E-state index is 11.6. The van der Waals surface area contributed by atoms with Crippen molar-refractivity contribution < 1.29 is 13.2 Å². The molecular formula is C17H22O3S3. The lowest BCUT2D eigenvalue weighted by Crippen LogP contribution is -2.27. The molecule has 0 aliphatic carbocycles. The number of carbonyl (C=O) groups is 1. The first kappa shape index (κ1) is 18.4. The third kappa shape index (κ3) is 5.55. The van der Waals surface area contributed by atoms with Gasteiger partial charge in [0.15, 0.2) is 9.84 Å². The maximum Gasteiger partial charge on any atom is 0.157 e. The van der Waals surface area contributed by atoms with Crippen molar-refractivity contribution in [2.24, 2.45) is 0 Å². The molecule has 0 amide bonds. The summed E-state index contributed by atoms with van der Waals surface area (Å²) in [7, 11) is -3.27. The number of thiophene rings is 2. The van der Waals surface area contributed by atoms with Gasteiger partial charge < -0.3 is 0 Å². The van der Waals surface area contributed by atoms with Crippen LogP contribution in [0, 0.1) is 0 Å². The van der Waals surface area contributed by atoms with Gasteiger partial charge in [0.1, 0.15) is 11.0 Å². The molecule has 2 aromatic heterocycles. The van der Waals surface area contributed by atoms with Crippen LogP contribution in [-0.4, -0.2) is 25.7 Å². The fourth-order valence-electron chi connectivity index (χ4n) is 2.59. The van der Waals surface area contributed by atoms with Crippen LogP contribution in [-0.2, 0) is 21.1 Å². The molecular weight excluding hydrogens is 348 g/mol. The summed E-state index contributed by atoms with van der Waals surface area (Å²) in [4.78, 5) is 15.4. The van der Waals surface area contributed by atoms with Gasteiger partial charge >= 0.3 is 0 Å². The van der Waals surface area contributed by atoms with E-state index in [2.05, 4.69) is 29.6 Å². The summed E-state index contributed by atoms with van der Waals surface area (Å²) in [6, 6.07) is 8.54. The lowest BCUT2D eigenvalue weighted by molar-refractivity contribution is -0.116. The van der Waals surface area contributed by atoms with Crippen LogP contribution in [0.1, 0.15) is 37.5 Å². The summed E-state index contributed by atoms with van der Waals surface area (Å²) in [6.45, 7) is 1.36. The molecule has 1 unspecified atom stereocenters. The van der Waals surface area contributed by atoms with Crippen molar-refractivity contribution in [3.63, 3.8) is 0 Å². The average Bonchev–Trinajstić information content (AvgIpc) is 3.11. The van der Waals surface area contributed by atoms with E-state index in [1.807, 2.05) is 11.3 Å². The highest BCUT2D eigenvalue weighted by molar-refractivity contribution is 7.92. The second-order valence-corrected chi connectivity index (χ2v) is 10.1. The fraction of sp³-hybridized carbons (Fsp3) is 0.471. The Morgan fingerprint density at radius 1 is 1.13 bits per heavy atom. The van der Waals surface area contributed by atoms with Gasteiger partial charge in [0.2, 0.25) is 0 Å². The van der Waals surface area contributed by atoms with Crippen LogP contribution in [0.5, 0.6) is 0 Å². The van der Waals surface area contributed by atoms with Gasteiger partial charge in [-0.1, -0.05) is 18.9 Å². The number of Topliss-reactive ketones (excluding diaryl/α,β-unsaturated/α-hetero) is 1. The molecule has 126 valence electrons. The van der Waals surface area contributed by atoms with E-state index in [4.69, 9.17) is 0 Å². The highest BCUT2D eigenvalue weighted by atomic mass is 32.2. The van der Waals surface area contributed by atoms with Crippen LogP contribution in [0.4, 0.5) is 0 Å². The van der Waals surface area contributed by atoms with Crippen LogP contribution in [0.15, 0.2) is 29.6 Å². The van der Waals surface area contributed by atoms with Gasteiger partial charge in [0.25, 0.3) is 0 Å². The number of sulfone groups is 1. The smallest absolute Gasteiger partial charge is 0.157 e. The lowest BCUT2D eigenvalue weighted by atomic mass is 10.1. The Hall–Kier alpha value is -0.980. The van der Waals surface area contributed by atoms with E-state index in [1.165, 1.54) is 21.6 Å². The number of hydrogen-bond acceptors (Lipinski definition) is 5. The zero-order valence-electron chi connectivity index (χ0n) is 13.4. The van der Waals surface area contributed by atoms with E-state index in [1.54, 1.807) is 11.3 Å². The zero-order valence-corrected chi connectivity index (χ0v) is 15.9. The number of carbonyl (C=O) groups excluding carboxylic acids is 1. The first-order valence-electron chi connectivity index (χ1n) is 7.70. The van der Waals surface area contributed by atoms with E-state index in [9.17, 15) is 13.2 Å². The first-order chi connectivity index (χ1) is 10.9. The SMILES string of the molecule is CC(=O)C(CCCCCc1ccc(-c2cccs2)s1)S(C)(=O)=O. The molecule has 23 heavy (non-hydrogen) atoms. The second kappa shape index (κ2) is 8.22. The molecule has 0 aliphatic heterocycles. The van der Waals surface area contributed by atoms with Crippen molar-refractivity contribution in [3.8, 4) is 9.75 Å². The molecule has 1 atom stereocenters. The summed E-state index contributed by atoms with van der Waals surface area (Å²) < 4.78 is 23.1. The van der Waals surface area contributed by atoms with Gasteiger partial charge in [-0.3, -0.25) is 4.79 Å². The van der Waals surface area contributed by atoms with Crippen LogP contribution < -0.4 is 0 Å². The van der Waals surface area contributed by atoms with Crippen molar-refractivity contribution in [2.75, 3.05) is 6.26 Å². The summed E-state index contributed by atoms with van der Waals surface area (Å²) in [5, 5.41) is 1.26. The largest absolute Gasteiger partial charge is 0.299 e. The van der Waals surface area contributed by atoms with E-state index in [-0.39, 0.29) is 5.78 Å². The van der Waals surface area contributed by atoms with E-state index >= 15 is 0 Å². The normalized spacial score (nSPS) is 13.1. The minimum absolute atomic E-state index is 0.244. The predicted molar refractivity (Wildman–Crippen MR) is 99.1 cm³/mol. The molecule has 2 heterocycles. The van der Waals surface area contributed by atoms with Crippen molar-refractivity contribution in [2.45, 2.75) is 44.3 Å². The first-order valence-corrected chi connectivity index (χ1v) is 11.3. The third-order valence-corrected chi connectivity index (χ3v) is 7.60. The molecule has 2 rings (SSSR count). The van der Waals surface area contributed by atoms with Crippen molar-refractivity contribution in [1.82, 2.24) is 0 Å². The minimum atomic E-state index is -3.27. The molecule has 0 fully saturated rings. The summed E-state index contributed by atoms with van der Waals surface area (Å²) in [5.41, 5.74) is 0. The minimum Gasteiger partial charge on any atom is -0.299 e. The molecule has 0 radical (unpaired) electrons. The topological polar surface area (TPSA) is 51.2 Å². The molecule has 0 saturated heterocycles. The second-order valence-electron chi connectivity index (χ2n) is 5.77. The number of hydrogen-bond donors (Lipinski definition) is 0. The van der Waals surface area contributed by atoms with Gasteiger partial charge in [-0.15, -0.1) is 22.7 Å². The van der Waals surface area contributed by atoms with Crippen molar-refractivity contribution >= 4 is 38.3 Å². The Morgan fingerprint density at radius 3 is 2.52 bits per heavy atom. The van der Waals surface area contributed by atoms with Crippen LogP contribution in [0.25, 0.3) is 9.75 Å². The van der Waals surface area contributed by atoms with Crippen molar-refractivity contribution in [1.29, 1.82) is 0 Å². The Labute approximate surface area is 146 Å². The third-order valence-electron chi connectivity index (χ3n) is 3.79. The van der Waals surface area contributed by atoms with Crippen LogP contribution >= 0.6 is 22.7 Å². The monoisotopic (exact) mass is 370 g/mol. The highest BCUT2D eigenvalue weighted by Gasteiger charge is 2.24. The summed E-state index contributed by atoms with van der Waals surface area (Å²) in [5.74, 6) is -0.244. The molecule has 0 N–H and O–H groups in total. The van der Waals surface area contributed by atoms with E-state index in [0.717, 1.165) is 31.9 Å². The van der Waals surface area contributed by atoms with Gasteiger partial charge in [-0.2, -0.15) is 0 Å². The molecule has 0 saturated carbocycles. The van der Waals surface area contributed by atoms with Crippen LogP contribution in [0.3, 0.4) is 0 Å². The quantitative estimate of drug-likeness (QED) is 0.607. The Morgan fingerprint density at radius 2 is 1.91 bits per heavy atom. The molecule has 6 heteroatoms. The molecule has 3 nitrogen and oxygen atoms in total. The highest BCUT2D eigenvalue weighted by Crippen LogP contribution is 2.32. The van der Waals surface area contributed by atoms with Gasteiger partial charge in [0, 0.05) is 20.9 Å². The maximum absolute atomic E-state index is 11.6. The number of unbranched alkanes of at least 4 members (excludes halogenated alkanes) is 2. The number of aryl methyl sites for hydroxylation is 1. The molecule has 0 spiro atoms. The molecule has 2 aromatic rings. The Kier molecular flexibility index (Phi) is 6.56. The van der Waals surface area contributed by atoms with Crippen molar-refractivity contribution in [3.05, 3.63) is 34.5 Å². The predicted octanol–water partition coefficient (Wildman–Crippen LogP) is 4.58. The number of rotatable bonds is 9. The van der Waals surface area contributed by atoms with Crippen LogP contribution in [0.2, 0.25) is 0 Å². The Bertz CT molecular complexity index is 727. The van der Waals surface area contributed by atoms with Gasteiger partial charge in [-0.25, -0.2) is 8.42 Å². The average molecular weight is 371 g/mol.